The molecule has 0 aromatic heterocycles. The van der Waals surface area contributed by atoms with Crippen molar-refractivity contribution in [3.05, 3.63) is 0 Å². The molecule has 2 saturated heterocycles. The fourth-order valence-electron chi connectivity index (χ4n) is 2.80. The monoisotopic (exact) mass is 198 g/mol. The van der Waals surface area contributed by atoms with Crippen molar-refractivity contribution in [3.63, 3.8) is 0 Å². The molecule has 2 aliphatic heterocycles. The largest absolute Gasteiger partial charge is 0.393 e. The Morgan fingerprint density at radius 2 is 2.00 bits per heavy atom. The number of nitrogens with one attached hydrogen (secondary N) is 1. The Bertz CT molecular complexity index is 218. The molecular formula is C10H18N2O2. The first kappa shape index (κ1) is 9.93. The van der Waals surface area contributed by atoms with Crippen molar-refractivity contribution >= 4 is 5.91 Å². The van der Waals surface area contributed by atoms with E-state index < -0.39 is 0 Å². The number of rotatable bonds is 2. The van der Waals surface area contributed by atoms with E-state index in [1.54, 1.807) is 7.05 Å². The Balaban J connectivity index is 2.03. The molecule has 2 unspecified atom stereocenters. The molecule has 4 heteroatoms. The lowest BCUT2D eigenvalue weighted by Crippen LogP contribution is -2.50. The van der Waals surface area contributed by atoms with Crippen LogP contribution in [-0.2, 0) is 4.79 Å². The van der Waals surface area contributed by atoms with Gasteiger partial charge in [0.2, 0.25) is 5.91 Å². The predicted molar refractivity (Wildman–Crippen MR) is 52.8 cm³/mol. The molecule has 4 nitrogen and oxygen atoms in total. The van der Waals surface area contributed by atoms with Crippen LogP contribution >= 0.6 is 0 Å². The van der Waals surface area contributed by atoms with Crippen LogP contribution in [0.1, 0.15) is 25.7 Å². The van der Waals surface area contributed by atoms with E-state index >= 15 is 0 Å². The maximum Gasteiger partial charge on any atom is 0.237 e. The SMILES string of the molecule is CNCC(=O)N1C2CCC1CC(O)C2. The second-order valence-electron chi connectivity index (χ2n) is 4.34. The molecule has 0 spiro atoms. The molecular weight excluding hydrogens is 180 g/mol. The van der Waals surface area contributed by atoms with Gasteiger partial charge in [-0.1, -0.05) is 0 Å². The van der Waals surface area contributed by atoms with Gasteiger partial charge in [-0.15, -0.1) is 0 Å². The van der Waals surface area contributed by atoms with Gasteiger partial charge in [-0.05, 0) is 32.7 Å². The number of aliphatic hydroxyl groups is 1. The summed E-state index contributed by atoms with van der Waals surface area (Å²) in [6.45, 7) is 0.420. The fourth-order valence-corrected chi connectivity index (χ4v) is 2.80. The second-order valence-corrected chi connectivity index (χ2v) is 4.34. The molecule has 0 radical (unpaired) electrons. The average molecular weight is 198 g/mol. The first-order chi connectivity index (χ1) is 6.72. The summed E-state index contributed by atoms with van der Waals surface area (Å²) in [6.07, 6.45) is 3.48. The third kappa shape index (κ3) is 1.64. The van der Waals surface area contributed by atoms with E-state index in [2.05, 4.69) is 5.32 Å². The number of hydrogen-bond donors (Lipinski definition) is 2. The molecule has 2 heterocycles. The summed E-state index contributed by atoms with van der Waals surface area (Å²) < 4.78 is 0. The molecule has 0 aliphatic carbocycles. The third-order valence-electron chi connectivity index (χ3n) is 3.32. The highest BCUT2D eigenvalue weighted by molar-refractivity contribution is 5.79. The standard InChI is InChI=1S/C10H18N2O2/c1-11-6-10(14)12-7-2-3-8(12)5-9(13)4-7/h7-9,11,13H,2-6H2,1H3. The van der Waals surface area contributed by atoms with Crippen LogP contribution < -0.4 is 5.32 Å². The predicted octanol–water partition coefficient (Wildman–Crippen LogP) is -0.280. The maximum absolute atomic E-state index is 11.7. The van der Waals surface area contributed by atoms with Gasteiger partial charge in [0, 0.05) is 12.1 Å². The highest BCUT2D eigenvalue weighted by Gasteiger charge is 2.42. The van der Waals surface area contributed by atoms with E-state index in [1.807, 2.05) is 4.90 Å². The highest BCUT2D eigenvalue weighted by atomic mass is 16.3. The van der Waals surface area contributed by atoms with Crippen LogP contribution in [-0.4, -0.2) is 47.7 Å². The Kier molecular flexibility index (Phi) is 2.74. The molecule has 1 amide bonds. The number of carbonyl (C=O) groups is 1. The quantitative estimate of drug-likeness (QED) is 0.641. The topological polar surface area (TPSA) is 52.6 Å². The number of piperidine rings is 1. The van der Waals surface area contributed by atoms with Crippen LogP contribution in [0.5, 0.6) is 0 Å². The molecule has 2 aliphatic rings. The number of amides is 1. The van der Waals surface area contributed by atoms with Gasteiger partial charge in [-0.2, -0.15) is 0 Å². The number of fused-ring (bicyclic) bond motifs is 2. The number of likely N-dealkylation sites (N-methyl/N-ethyl adjacent to an activating group) is 1. The molecule has 2 bridgehead atoms. The van der Waals surface area contributed by atoms with E-state index in [0.717, 1.165) is 25.7 Å². The van der Waals surface area contributed by atoms with Gasteiger partial charge >= 0.3 is 0 Å². The Morgan fingerprint density at radius 1 is 1.43 bits per heavy atom. The van der Waals surface area contributed by atoms with E-state index in [9.17, 15) is 9.90 Å². The van der Waals surface area contributed by atoms with E-state index in [1.165, 1.54) is 0 Å². The number of hydrogen-bond acceptors (Lipinski definition) is 3. The molecule has 2 rings (SSSR count). The first-order valence-electron chi connectivity index (χ1n) is 5.36. The maximum atomic E-state index is 11.7. The summed E-state index contributed by atoms with van der Waals surface area (Å²) in [7, 11) is 1.79. The highest BCUT2D eigenvalue weighted by Crippen LogP contribution is 2.35. The van der Waals surface area contributed by atoms with Crippen LogP contribution in [0, 0.1) is 0 Å². The van der Waals surface area contributed by atoms with Crippen molar-refractivity contribution in [1.29, 1.82) is 0 Å². The van der Waals surface area contributed by atoms with Gasteiger partial charge in [-0.3, -0.25) is 4.79 Å². The van der Waals surface area contributed by atoms with E-state index in [0.29, 0.717) is 18.6 Å². The summed E-state index contributed by atoms with van der Waals surface area (Å²) in [5.74, 6) is 0.187. The summed E-state index contributed by atoms with van der Waals surface area (Å²) in [5.41, 5.74) is 0. The third-order valence-corrected chi connectivity index (χ3v) is 3.32. The average Bonchev–Trinajstić information content (AvgIpc) is 2.39. The minimum absolute atomic E-state index is 0.187. The second kappa shape index (κ2) is 3.87. The molecule has 0 saturated carbocycles. The lowest BCUT2D eigenvalue weighted by molar-refractivity contribution is -0.136. The van der Waals surface area contributed by atoms with Crippen LogP contribution in [0.3, 0.4) is 0 Å². The van der Waals surface area contributed by atoms with Crippen LogP contribution in [0.4, 0.5) is 0 Å². The summed E-state index contributed by atoms with van der Waals surface area (Å²) in [4.78, 5) is 13.7. The molecule has 2 fully saturated rings. The Labute approximate surface area is 84.3 Å². The van der Waals surface area contributed by atoms with Crippen molar-refractivity contribution in [2.45, 2.75) is 43.9 Å². The Hall–Kier alpha value is -0.610. The van der Waals surface area contributed by atoms with Crippen LogP contribution in [0.2, 0.25) is 0 Å². The van der Waals surface area contributed by atoms with Crippen LogP contribution in [0.25, 0.3) is 0 Å². The Morgan fingerprint density at radius 3 is 2.50 bits per heavy atom. The van der Waals surface area contributed by atoms with Crippen LogP contribution in [0.15, 0.2) is 0 Å². The zero-order chi connectivity index (χ0) is 10.1. The fraction of sp³-hybridized carbons (Fsp3) is 0.900. The van der Waals surface area contributed by atoms with Gasteiger partial charge < -0.3 is 15.3 Å². The molecule has 2 N–H and O–H groups in total. The molecule has 80 valence electrons. The minimum atomic E-state index is -0.189. The van der Waals surface area contributed by atoms with Crippen molar-refractivity contribution < 1.29 is 9.90 Å². The zero-order valence-corrected chi connectivity index (χ0v) is 8.57. The van der Waals surface area contributed by atoms with Gasteiger partial charge in [0.05, 0.1) is 12.6 Å². The summed E-state index contributed by atoms with van der Waals surface area (Å²) >= 11 is 0. The molecule has 14 heavy (non-hydrogen) atoms. The lowest BCUT2D eigenvalue weighted by Gasteiger charge is -2.37. The van der Waals surface area contributed by atoms with Gasteiger partial charge in [-0.25, -0.2) is 0 Å². The van der Waals surface area contributed by atoms with E-state index in [-0.39, 0.29) is 12.0 Å². The summed E-state index contributed by atoms with van der Waals surface area (Å²) in [5, 5.41) is 12.5. The summed E-state index contributed by atoms with van der Waals surface area (Å²) in [6, 6.07) is 0.592. The zero-order valence-electron chi connectivity index (χ0n) is 8.57. The number of carbonyl (C=O) groups excluding carboxylic acids is 1. The van der Waals surface area contributed by atoms with Gasteiger partial charge in [0.15, 0.2) is 0 Å². The smallest absolute Gasteiger partial charge is 0.237 e. The normalized spacial score (nSPS) is 36.1. The van der Waals surface area contributed by atoms with E-state index in [4.69, 9.17) is 0 Å². The first-order valence-corrected chi connectivity index (χ1v) is 5.36. The number of aliphatic hydroxyl groups excluding tert-OH is 1. The minimum Gasteiger partial charge on any atom is -0.393 e. The van der Waals surface area contributed by atoms with Gasteiger partial charge in [0.25, 0.3) is 0 Å². The molecule has 2 atom stereocenters. The van der Waals surface area contributed by atoms with Gasteiger partial charge in [0.1, 0.15) is 0 Å². The number of nitrogens with zero attached hydrogens (tertiary/aromatic N) is 1. The van der Waals surface area contributed by atoms with Crippen molar-refractivity contribution in [2.75, 3.05) is 13.6 Å². The van der Waals surface area contributed by atoms with Crippen molar-refractivity contribution in [1.82, 2.24) is 10.2 Å². The van der Waals surface area contributed by atoms with Crippen molar-refractivity contribution in [2.24, 2.45) is 0 Å². The molecule has 0 aromatic carbocycles. The lowest BCUT2D eigenvalue weighted by atomic mass is 10.00. The molecule has 0 aromatic rings. The van der Waals surface area contributed by atoms with Crippen molar-refractivity contribution in [3.8, 4) is 0 Å².